The fourth-order valence-electron chi connectivity index (χ4n) is 1.85. The molecule has 3 aromatic rings. The highest BCUT2D eigenvalue weighted by molar-refractivity contribution is 7.99. The lowest BCUT2D eigenvalue weighted by atomic mass is 10.1. The molecule has 0 aliphatic carbocycles. The maximum absolute atomic E-state index is 14.0. The molecule has 20 heavy (non-hydrogen) atoms. The summed E-state index contributed by atoms with van der Waals surface area (Å²) in [6.45, 7) is 1.60. The number of halogens is 1. The van der Waals surface area contributed by atoms with Crippen LogP contribution in [0.5, 0.6) is 0 Å². The van der Waals surface area contributed by atoms with E-state index in [-0.39, 0.29) is 5.82 Å². The third kappa shape index (κ3) is 2.39. The topological polar surface area (TPSA) is 50.4 Å². The van der Waals surface area contributed by atoms with Crippen molar-refractivity contribution in [2.45, 2.75) is 23.1 Å². The first kappa shape index (κ1) is 13.1. The second kappa shape index (κ2) is 5.22. The van der Waals surface area contributed by atoms with Crippen molar-refractivity contribution in [1.82, 2.24) is 14.6 Å². The van der Waals surface area contributed by atoms with Crippen LogP contribution in [0.15, 0.2) is 52.6 Å². The standard InChI is InChI=1S/C14H12FN3OS/c1-9(19)10-5-6-12(11(15)8-10)20-14-17-16-13-4-2-3-7-18(13)14/h2-9,19H,1H3/t9-/m0/s1. The molecule has 0 saturated carbocycles. The molecule has 1 N–H and O–H groups in total. The highest BCUT2D eigenvalue weighted by Crippen LogP contribution is 2.30. The largest absolute Gasteiger partial charge is 0.389 e. The van der Waals surface area contributed by atoms with Crippen molar-refractivity contribution in [2.75, 3.05) is 0 Å². The maximum atomic E-state index is 14.0. The molecule has 4 nitrogen and oxygen atoms in total. The fraction of sp³-hybridized carbons (Fsp3) is 0.143. The number of aliphatic hydroxyl groups excluding tert-OH is 1. The zero-order valence-corrected chi connectivity index (χ0v) is 11.5. The van der Waals surface area contributed by atoms with Crippen molar-refractivity contribution in [3.63, 3.8) is 0 Å². The minimum absolute atomic E-state index is 0.374. The molecule has 0 unspecified atom stereocenters. The average Bonchev–Trinajstić information content (AvgIpc) is 2.84. The third-order valence-corrected chi connectivity index (χ3v) is 3.93. The summed E-state index contributed by atoms with van der Waals surface area (Å²) in [5.74, 6) is -0.374. The normalized spacial score (nSPS) is 12.8. The molecule has 0 spiro atoms. The summed E-state index contributed by atoms with van der Waals surface area (Å²) in [4.78, 5) is 0.451. The lowest BCUT2D eigenvalue weighted by molar-refractivity contribution is 0.198. The average molecular weight is 289 g/mol. The number of hydrogen-bond donors (Lipinski definition) is 1. The number of pyridine rings is 1. The van der Waals surface area contributed by atoms with Crippen LogP contribution in [0, 0.1) is 5.82 Å². The van der Waals surface area contributed by atoms with Gasteiger partial charge in [-0.15, -0.1) is 10.2 Å². The Bertz CT molecular complexity index is 757. The van der Waals surface area contributed by atoms with E-state index in [4.69, 9.17) is 0 Å². The van der Waals surface area contributed by atoms with Gasteiger partial charge in [0.2, 0.25) is 5.16 Å². The molecule has 0 fully saturated rings. The molecule has 1 aromatic carbocycles. The first-order chi connectivity index (χ1) is 9.65. The third-order valence-electron chi connectivity index (χ3n) is 2.92. The van der Waals surface area contributed by atoms with Crippen LogP contribution in [0.25, 0.3) is 5.65 Å². The molecule has 2 aromatic heterocycles. The van der Waals surface area contributed by atoms with Gasteiger partial charge >= 0.3 is 0 Å². The zero-order valence-electron chi connectivity index (χ0n) is 10.7. The molecule has 1 atom stereocenters. The number of hydrogen-bond acceptors (Lipinski definition) is 4. The van der Waals surface area contributed by atoms with Gasteiger partial charge in [0.15, 0.2) is 5.65 Å². The number of benzene rings is 1. The van der Waals surface area contributed by atoms with E-state index < -0.39 is 6.10 Å². The predicted octanol–water partition coefficient (Wildman–Crippen LogP) is 3.07. The van der Waals surface area contributed by atoms with Crippen LogP contribution in [-0.2, 0) is 0 Å². The molecule has 2 heterocycles. The van der Waals surface area contributed by atoms with E-state index >= 15 is 0 Å². The van der Waals surface area contributed by atoms with Gasteiger partial charge < -0.3 is 5.11 Å². The van der Waals surface area contributed by atoms with Crippen molar-refractivity contribution < 1.29 is 9.50 Å². The second-order valence-electron chi connectivity index (χ2n) is 4.38. The van der Waals surface area contributed by atoms with E-state index in [1.165, 1.54) is 17.8 Å². The molecule has 0 aliphatic heterocycles. The number of fused-ring (bicyclic) bond motifs is 1. The Kier molecular flexibility index (Phi) is 3.42. The molecular formula is C14H12FN3OS. The van der Waals surface area contributed by atoms with Crippen LogP contribution < -0.4 is 0 Å². The molecule has 0 saturated heterocycles. The Balaban J connectivity index is 1.95. The molecule has 0 bridgehead atoms. The van der Waals surface area contributed by atoms with Crippen LogP contribution >= 0.6 is 11.8 Å². The van der Waals surface area contributed by atoms with Gasteiger partial charge in [0.25, 0.3) is 0 Å². The lowest BCUT2D eigenvalue weighted by Gasteiger charge is -2.07. The van der Waals surface area contributed by atoms with Gasteiger partial charge in [0.05, 0.1) is 11.0 Å². The van der Waals surface area contributed by atoms with E-state index in [0.717, 1.165) is 5.65 Å². The summed E-state index contributed by atoms with van der Waals surface area (Å²) in [6.07, 6.45) is 1.15. The van der Waals surface area contributed by atoms with E-state index in [1.807, 2.05) is 24.4 Å². The summed E-state index contributed by atoms with van der Waals surface area (Å²) in [6, 6.07) is 10.3. The van der Waals surface area contributed by atoms with Crippen molar-refractivity contribution >= 4 is 17.4 Å². The first-order valence-corrected chi connectivity index (χ1v) is 6.92. The Morgan fingerprint density at radius 1 is 1.25 bits per heavy atom. The highest BCUT2D eigenvalue weighted by atomic mass is 32.2. The number of aliphatic hydroxyl groups is 1. The number of aromatic nitrogens is 3. The molecular weight excluding hydrogens is 277 g/mol. The Morgan fingerprint density at radius 2 is 2.10 bits per heavy atom. The maximum Gasteiger partial charge on any atom is 0.200 e. The quantitative estimate of drug-likeness (QED) is 0.805. The van der Waals surface area contributed by atoms with E-state index in [2.05, 4.69) is 10.2 Å². The monoisotopic (exact) mass is 289 g/mol. The van der Waals surface area contributed by atoms with Crippen molar-refractivity contribution in [3.8, 4) is 0 Å². The summed E-state index contributed by atoms with van der Waals surface area (Å²) in [5.41, 5.74) is 1.27. The molecule has 0 amide bonds. The highest BCUT2D eigenvalue weighted by Gasteiger charge is 2.12. The van der Waals surface area contributed by atoms with Crippen molar-refractivity contribution in [2.24, 2.45) is 0 Å². The van der Waals surface area contributed by atoms with Gasteiger partial charge in [-0.25, -0.2) is 4.39 Å². The fourth-order valence-corrected chi connectivity index (χ4v) is 2.67. The smallest absolute Gasteiger partial charge is 0.200 e. The SMILES string of the molecule is C[C@H](O)c1ccc(Sc2nnc3ccccn23)c(F)c1. The van der Waals surface area contributed by atoms with Gasteiger partial charge in [0, 0.05) is 6.20 Å². The summed E-state index contributed by atoms with van der Waals surface area (Å²) in [5, 5.41) is 18.1. The lowest BCUT2D eigenvalue weighted by Crippen LogP contribution is -1.93. The number of nitrogens with zero attached hydrogens (tertiary/aromatic N) is 3. The van der Waals surface area contributed by atoms with Gasteiger partial charge in [-0.05, 0) is 48.5 Å². The van der Waals surface area contributed by atoms with Gasteiger partial charge in [-0.2, -0.15) is 0 Å². The minimum atomic E-state index is -0.683. The first-order valence-electron chi connectivity index (χ1n) is 6.10. The van der Waals surface area contributed by atoms with Crippen LogP contribution in [-0.4, -0.2) is 19.7 Å². The van der Waals surface area contributed by atoms with Crippen LogP contribution in [0.4, 0.5) is 4.39 Å². The predicted molar refractivity (Wildman–Crippen MR) is 74.1 cm³/mol. The molecule has 102 valence electrons. The number of rotatable bonds is 3. The summed E-state index contributed by atoms with van der Waals surface area (Å²) in [7, 11) is 0. The molecule has 0 aliphatic rings. The second-order valence-corrected chi connectivity index (χ2v) is 5.39. The Morgan fingerprint density at radius 3 is 2.85 bits per heavy atom. The van der Waals surface area contributed by atoms with Gasteiger partial charge in [-0.3, -0.25) is 4.40 Å². The van der Waals surface area contributed by atoms with Crippen LogP contribution in [0.3, 0.4) is 0 Å². The Hall–Kier alpha value is -1.92. The van der Waals surface area contributed by atoms with E-state index in [0.29, 0.717) is 15.6 Å². The minimum Gasteiger partial charge on any atom is -0.389 e. The zero-order chi connectivity index (χ0) is 14.1. The molecule has 0 radical (unpaired) electrons. The van der Waals surface area contributed by atoms with Crippen molar-refractivity contribution in [1.29, 1.82) is 0 Å². The Labute approximate surface area is 119 Å². The van der Waals surface area contributed by atoms with Gasteiger partial charge in [0.1, 0.15) is 5.82 Å². The summed E-state index contributed by atoms with van der Waals surface area (Å²) < 4.78 is 15.8. The summed E-state index contributed by atoms with van der Waals surface area (Å²) >= 11 is 1.20. The molecule has 6 heteroatoms. The van der Waals surface area contributed by atoms with Crippen molar-refractivity contribution in [3.05, 3.63) is 54.0 Å². The molecule has 3 rings (SSSR count). The van der Waals surface area contributed by atoms with Crippen LogP contribution in [0.2, 0.25) is 0 Å². The van der Waals surface area contributed by atoms with E-state index in [9.17, 15) is 9.50 Å². The van der Waals surface area contributed by atoms with Gasteiger partial charge in [-0.1, -0.05) is 12.1 Å². The van der Waals surface area contributed by atoms with E-state index in [1.54, 1.807) is 23.5 Å². The van der Waals surface area contributed by atoms with Crippen LogP contribution in [0.1, 0.15) is 18.6 Å².